The van der Waals surface area contributed by atoms with Crippen LogP contribution in [0, 0.1) is 0 Å². The first-order valence-corrected chi connectivity index (χ1v) is 6.64. The maximum absolute atomic E-state index is 5.44. The summed E-state index contributed by atoms with van der Waals surface area (Å²) in [4.78, 5) is 2.44. The lowest BCUT2D eigenvalue weighted by Gasteiger charge is -2.33. The number of hydrogen-bond donors (Lipinski definition) is 0. The van der Waals surface area contributed by atoms with Gasteiger partial charge in [0.2, 0.25) is 0 Å². The lowest BCUT2D eigenvalue weighted by molar-refractivity contribution is -0.00438. The first-order valence-electron chi connectivity index (χ1n) is 5.85. The number of rotatable bonds is 3. The smallest absolute Gasteiger partial charge is 0.133 e. The Labute approximate surface area is 111 Å². The zero-order chi connectivity index (χ0) is 12.3. The number of halogens is 1. The molecule has 1 saturated heterocycles. The highest BCUT2D eigenvalue weighted by molar-refractivity contribution is 9.10. The molecule has 1 aliphatic heterocycles. The Morgan fingerprint density at radius 1 is 1.53 bits per heavy atom. The molecule has 94 valence electrons. The van der Waals surface area contributed by atoms with Crippen molar-refractivity contribution >= 4 is 15.9 Å². The van der Waals surface area contributed by atoms with Crippen LogP contribution in [0.4, 0.5) is 0 Å². The molecule has 3 nitrogen and oxygen atoms in total. The molecule has 0 saturated carbocycles. The van der Waals surface area contributed by atoms with E-state index in [0.717, 1.165) is 36.5 Å². The minimum atomic E-state index is 0.490. The molecular weight excluding hydrogens is 282 g/mol. The molecule has 0 bridgehead atoms. The number of benzene rings is 1. The van der Waals surface area contributed by atoms with E-state index in [-0.39, 0.29) is 0 Å². The predicted molar refractivity (Wildman–Crippen MR) is 71.4 cm³/mol. The van der Waals surface area contributed by atoms with Gasteiger partial charge < -0.3 is 9.47 Å². The maximum Gasteiger partial charge on any atom is 0.133 e. The summed E-state index contributed by atoms with van der Waals surface area (Å²) < 4.78 is 11.7. The van der Waals surface area contributed by atoms with Crippen LogP contribution in [-0.4, -0.2) is 37.8 Å². The highest BCUT2D eigenvalue weighted by Crippen LogP contribution is 2.26. The van der Waals surface area contributed by atoms with Crippen LogP contribution >= 0.6 is 15.9 Å². The second-order valence-electron chi connectivity index (χ2n) is 4.36. The van der Waals surface area contributed by atoms with Gasteiger partial charge in [0, 0.05) is 19.1 Å². The Morgan fingerprint density at radius 3 is 3.00 bits per heavy atom. The average molecular weight is 300 g/mol. The van der Waals surface area contributed by atoms with Gasteiger partial charge in [-0.1, -0.05) is 6.07 Å². The fourth-order valence-electron chi connectivity index (χ4n) is 2.04. The van der Waals surface area contributed by atoms with Crippen molar-refractivity contribution in [1.82, 2.24) is 4.90 Å². The number of nitrogens with zero attached hydrogens (tertiary/aromatic N) is 1. The molecule has 0 N–H and O–H groups in total. The number of ether oxygens (including phenoxy) is 2. The van der Waals surface area contributed by atoms with E-state index in [1.165, 1.54) is 5.56 Å². The summed E-state index contributed by atoms with van der Waals surface area (Å²) in [6.45, 7) is 5.84. The van der Waals surface area contributed by atoms with Crippen molar-refractivity contribution in [3.63, 3.8) is 0 Å². The Kier molecular flexibility index (Phi) is 4.42. The summed E-state index contributed by atoms with van der Waals surface area (Å²) in [6, 6.07) is 6.74. The quantitative estimate of drug-likeness (QED) is 0.856. The van der Waals surface area contributed by atoms with Crippen LogP contribution in [0.25, 0.3) is 0 Å². The van der Waals surface area contributed by atoms with E-state index in [0.29, 0.717) is 6.04 Å². The summed E-state index contributed by atoms with van der Waals surface area (Å²) in [5.41, 5.74) is 1.30. The molecule has 1 heterocycles. The van der Waals surface area contributed by atoms with Gasteiger partial charge in [0.05, 0.1) is 24.8 Å². The summed E-state index contributed by atoms with van der Waals surface area (Å²) in [5, 5.41) is 0. The van der Waals surface area contributed by atoms with E-state index in [1.54, 1.807) is 7.11 Å². The van der Waals surface area contributed by atoms with Crippen LogP contribution in [-0.2, 0) is 11.3 Å². The number of methoxy groups -OCH3 is 1. The topological polar surface area (TPSA) is 21.7 Å². The van der Waals surface area contributed by atoms with E-state index in [4.69, 9.17) is 9.47 Å². The molecule has 2 rings (SSSR count). The van der Waals surface area contributed by atoms with Crippen molar-refractivity contribution in [2.24, 2.45) is 0 Å². The molecule has 4 heteroatoms. The van der Waals surface area contributed by atoms with Crippen LogP contribution in [0.15, 0.2) is 22.7 Å². The summed E-state index contributed by atoms with van der Waals surface area (Å²) in [6.07, 6.45) is 0. The molecule has 1 aromatic carbocycles. The SMILES string of the molecule is COc1ccc(CN2CCOC[C@H]2C)cc1Br. The molecular formula is C13H18BrNO2. The van der Waals surface area contributed by atoms with Crippen LogP contribution in [0.3, 0.4) is 0 Å². The summed E-state index contributed by atoms with van der Waals surface area (Å²) in [7, 11) is 1.68. The maximum atomic E-state index is 5.44. The molecule has 0 aromatic heterocycles. The monoisotopic (exact) mass is 299 g/mol. The fraction of sp³-hybridized carbons (Fsp3) is 0.538. The summed E-state index contributed by atoms with van der Waals surface area (Å²) >= 11 is 3.52. The lowest BCUT2D eigenvalue weighted by atomic mass is 10.1. The van der Waals surface area contributed by atoms with E-state index in [9.17, 15) is 0 Å². The summed E-state index contributed by atoms with van der Waals surface area (Å²) in [5.74, 6) is 0.878. The van der Waals surface area contributed by atoms with Gasteiger partial charge in [-0.3, -0.25) is 4.90 Å². The first kappa shape index (κ1) is 12.9. The van der Waals surface area contributed by atoms with Gasteiger partial charge >= 0.3 is 0 Å². The Bertz CT molecular complexity index is 384. The fourth-order valence-corrected chi connectivity index (χ4v) is 2.63. The molecule has 0 aliphatic carbocycles. The van der Waals surface area contributed by atoms with Gasteiger partial charge in [-0.15, -0.1) is 0 Å². The number of hydrogen-bond acceptors (Lipinski definition) is 3. The Hall–Kier alpha value is -0.580. The second-order valence-corrected chi connectivity index (χ2v) is 5.22. The van der Waals surface area contributed by atoms with E-state index >= 15 is 0 Å². The van der Waals surface area contributed by atoms with E-state index in [2.05, 4.69) is 39.9 Å². The molecule has 0 spiro atoms. The van der Waals surface area contributed by atoms with Crippen LogP contribution in [0.1, 0.15) is 12.5 Å². The van der Waals surface area contributed by atoms with Gasteiger partial charge in [0.1, 0.15) is 5.75 Å². The molecule has 1 aliphatic rings. The highest BCUT2D eigenvalue weighted by atomic mass is 79.9. The molecule has 0 radical (unpaired) electrons. The molecule has 1 aromatic rings. The molecule has 1 atom stereocenters. The van der Waals surface area contributed by atoms with E-state index in [1.807, 2.05) is 6.07 Å². The van der Waals surface area contributed by atoms with E-state index < -0.39 is 0 Å². The molecule has 0 amide bonds. The van der Waals surface area contributed by atoms with Crippen molar-refractivity contribution in [2.75, 3.05) is 26.9 Å². The normalized spacial score (nSPS) is 21.5. The molecule has 17 heavy (non-hydrogen) atoms. The highest BCUT2D eigenvalue weighted by Gasteiger charge is 2.18. The van der Waals surface area contributed by atoms with Crippen LogP contribution < -0.4 is 4.74 Å². The molecule has 0 unspecified atom stereocenters. The van der Waals surface area contributed by atoms with Crippen molar-refractivity contribution in [2.45, 2.75) is 19.5 Å². The predicted octanol–water partition coefficient (Wildman–Crippen LogP) is 2.68. The number of morpholine rings is 1. The van der Waals surface area contributed by atoms with Crippen LogP contribution in [0.2, 0.25) is 0 Å². The molecule has 1 fully saturated rings. The largest absolute Gasteiger partial charge is 0.496 e. The zero-order valence-electron chi connectivity index (χ0n) is 10.3. The van der Waals surface area contributed by atoms with Crippen LogP contribution in [0.5, 0.6) is 5.75 Å². The van der Waals surface area contributed by atoms with Gasteiger partial charge in [-0.2, -0.15) is 0 Å². The van der Waals surface area contributed by atoms with Crippen molar-refractivity contribution in [3.05, 3.63) is 28.2 Å². The zero-order valence-corrected chi connectivity index (χ0v) is 11.9. The Morgan fingerprint density at radius 2 is 2.35 bits per heavy atom. The van der Waals surface area contributed by atoms with Gasteiger partial charge in [-0.25, -0.2) is 0 Å². The minimum absolute atomic E-state index is 0.490. The standard InChI is InChI=1S/C13H18BrNO2/c1-10-9-17-6-5-15(10)8-11-3-4-13(16-2)12(14)7-11/h3-4,7,10H,5-6,8-9H2,1-2H3/t10-/m1/s1. The van der Waals surface area contributed by atoms with Crippen molar-refractivity contribution in [3.8, 4) is 5.75 Å². The Balaban J connectivity index is 2.05. The van der Waals surface area contributed by atoms with Gasteiger partial charge in [0.15, 0.2) is 0 Å². The lowest BCUT2D eigenvalue weighted by Crippen LogP contribution is -2.42. The third kappa shape index (κ3) is 3.21. The first-order chi connectivity index (χ1) is 8.20. The average Bonchev–Trinajstić information content (AvgIpc) is 2.32. The third-order valence-electron chi connectivity index (χ3n) is 3.11. The third-order valence-corrected chi connectivity index (χ3v) is 3.73. The second kappa shape index (κ2) is 5.85. The van der Waals surface area contributed by atoms with Crippen molar-refractivity contribution in [1.29, 1.82) is 0 Å². The van der Waals surface area contributed by atoms with Gasteiger partial charge in [-0.05, 0) is 40.5 Å². The van der Waals surface area contributed by atoms with Crippen molar-refractivity contribution < 1.29 is 9.47 Å². The minimum Gasteiger partial charge on any atom is -0.496 e. The van der Waals surface area contributed by atoms with Gasteiger partial charge in [0.25, 0.3) is 0 Å².